The van der Waals surface area contributed by atoms with Gasteiger partial charge in [-0.25, -0.2) is 22.8 Å². The fraction of sp³-hybridized carbons (Fsp3) is 0.125. The molecule has 1 N–H and O–H groups in total. The van der Waals surface area contributed by atoms with Gasteiger partial charge in [0.15, 0.2) is 0 Å². The van der Waals surface area contributed by atoms with Gasteiger partial charge >= 0.3 is 0 Å². The molecule has 0 aliphatic heterocycles. The summed E-state index contributed by atoms with van der Waals surface area (Å²) in [5, 5.41) is 0. The molecule has 6 nitrogen and oxygen atoms in total. The lowest BCUT2D eigenvalue weighted by atomic mass is 10.2. The molecule has 1 aromatic carbocycles. The van der Waals surface area contributed by atoms with E-state index in [1.807, 2.05) is 6.92 Å². The molecule has 124 valence electrons. The maximum Gasteiger partial charge on any atom is 0.236 e. The lowest BCUT2D eigenvalue weighted by Crippen LogP contribution is -2.15. The van der Waals surface area contributed by atoms with Gasteiger partial charge in [-0.05, 0) is 36.8 Å². The minimum atomic E-state index is -3.66. The van der Waals surface area contributed by atoms with E-state index in [0.717, 1.165) is 5.82 Å². The molecule has 2 heterocycles. The van der Waals surface area contributed by atoms with Gasteiger partial charge in [0.25, 0.3) is 0 Å². The Morgan fingerprint density at radius 2 is 2.04 bits per heavy atom. The summed E-state index contributed by atoms with van der Waals surface area (Å²) in [4.78, 5) is 8.33. The van der Waals surface area contributed by atoms with Crippen molar-refractivity contribution in [1.82, 2.24) is 14.5 Å². The number of sulfonamides is 1. The van der Waals surface area contributed by atoms with Crippen molar-refractivity contribution in [3.63, 3.8) is 0 Å². The topological polar surface area (TPSA) is 76.9 Å². The van der Waals surface area contributed by atoms with E-state index in [1.54, 1.807) is 35.2 Å². The summed E-state index contributed by atoms with van der Waals surface area (Å²) < 4.78 is 41.7. The van der Waals surface area contributed by atoms with Crippen LogP contribution >= 0.6 is 0 Å². The summed E-state index contributed by atoms with van der Waals surface area (Å²) in [5.41, 5.74) is 0.717. The Balaban J connectivity index is 1.74. The molecule has 2 aromatic heterocycles. The minimum absolute atomic E-state index is 0.312. The van der Waals surface area contributed by atoms with Crippen LogP contribution in [0.3, 0.4) is 0 Å². The third kappa shape index (κ3) is 3.77. The van der Waals surface area contributed by atoms with Gasteiger partial charge in [-0.1, -0.05) is 12.1 Å². The number of benzene rings is 1. The van der Waals surface area contributed by atoms with Crippen LogP contribution in [0.5, 0.6) is 0 Å². The van der Waals surface area contributed by atoms with Crippen molar-refractivity contribution in [2.75, 3.05) is 4.72 Å². The van der Waals surface area contributed by atoms with Crippen molar-refractivity contribution < 1.29 is 12.8 Å². The number of nitrogens with one attached hydrogen (secondary N) is 1. The van der Waals surface area contributed by atoms with Gasteiger partial charge in [0.1, 0.15) is 17.5 Å². The zero-order chi connectivity index (χ0) is 17.2. The largest absolute Gasteiger partial charge is 0.288 e. The third-order valence-electron chi connectivity index (χ3n) is 3.34. The number of halogens is 1. The molecule has 0 saturated heterocycles. The van der Waals surface area contributed by atoms with Crippen LogP contribution in [0.4, 0.5) is 10.1 Å². The highest BCUT2D eigenvalue weighted by atomic mass is 32.2. The summed E-state index contributed by atoms with van der Waals surface area (Å²) in [6, 6.07) is 8.81. The lowest BCUT2D eigenvalue weighted by Gasteiger charge is -2.09. The molecule has 3 rings (SSSR count). The third-order valence-corrected chi connectivity index (χ3v) is 4.60. The highest BCUT2D eigenvalue weighted by Crippen LogP contribution is 2.15. The number of pyridine rings is 1. The van der Waals surface area contributed by atoms with Crippen LogP contribution in [0, 0.1) is 12.7 Å². The van der Waals surface area contributed by atoms with Gasteiger partial charge in [-0.2, -0.15) is 0 Å². The molecule has 8 heteroatoms. The second kappa shape index (κ2) is 6.40. The van der Waals surface area contributed by atoms with Gasteiger partial charge in [0, 0.05) is 12.4 Å². The molecule has 0 unspecified atom stereocenters. The van der Waals surface area contributed by atoms with Crippen molar-refractivity contribution in [3.8, 4) is 5.82 Å². The molecule has 0 atom stereocenters. The molecule has 0 fully saturated rings. The number of nitrogens with zero attached hydrogens (tertiary/aromatic N) is 3. The van der Waals surface area contributed by atoms with Crippen molar-refractivity contribution >= 4 is 15.7 Å². The molecule has 0 aliphatic rings. The zero-order valence-corrected chi connectivity index (χ0v) is 13.7. The highest BCUT2D eigenvalue weighted by molar-refractivity contribution is 7.91. The molecule has 0 saturated carbocycles. The van der Waals surface area contributed by atoms with Crippen molar-refractivity contribution in [1.29, 1.82) is 0 Å². The highest BCUT2D eigenvalue weighted by Gasteiger charge is 2.13. The summed E-state index contributed by atoms with van der Waals surface area (Å²) in [5.74, 6) is 0.636. The number of imidazole rings is 1. The lowest BCUT2D eigenvalue weighted by molar-refractivity contribution is 0.599. The summed E-state index contributed by atoms with van der Waals surface area (Å²) in [7, 11) is -3.66. The molecule has 24 heavy (non-hydrogen) atoms. The van der Waals surface area contributed by atoms with E-state index >= 15 is 0 Å². The standard InChI is InChI=1S/C16H15FN4O2S/c1-12-18-7-8-21(12)16-6-5-15(10-19-16)20-24(22,23)11-13-3-2-4-14(17)9-13/h2-10,20H,11H2,1H3. The number of hydrogen-bond donors (Lipinski definition) is 1. The van der Waals surface area contributed by atoms with Crippen LogP contribution in [0.1, 0.15) is 11.4 Å². The molecule has 0 spiro atoms. The van der Waals surface area contributed by atoms with Crippen LogP contribution < -0.4 is 4.72 Å². The van der Waals surface area contributed by atoms with Crippen LogP contribution in [-0.2, 0) is 15.8 Å². The maximum absolute atomic E-state index is 13.1. The Hall–Kier alpha value is -2.74. The van der Waals surface area contributed by atoms with E-state index in [9.17, 15) is 12.8 Å². The van der Waals surface area contributed by atoms with Gasteiger partial charge < -0.3 is 0 Å². The summed E-state index contributed by atoms with van der Waals surface area (Å²) >= 11 is 0. The van der Waals surface area contributed by atoms with Gasteiger partial charge in [0.05, 0.1) is 17.6 Å². The van der Waals surface area contributed by atoms with Crippen LogP contribution in [-0.4, -0.2) is 23.0 Å². The number of aromatic nitrogens is 3. The minimum Gasteiger partial charge on any atom is -0.288 e. The molecule has 3 aromatic rings. The predicted octanol–water partition coefficient (Wildman–Crippen LogP) is 2.66. The maximum atomic E-state index is 13.1. The smallest absolute Gasteiger partial charge is 0.236 e. The average Bonchev–Trinajstić information content (AvgIpc) is 2.93. The first-order valence-electron chi connectivity index (χ1n) is 7.14. The van der Waals surface area contributed by atoms with E-state index in [0.29, 0.717) is 17.1 Å². The monoisotopic (exact) mass is 346 g/mol. The number of anilines is 1. The van der Waals surface area contributed by atoms with E-state index in [1.165, 1.54) is 24.4 Å². The van der Waals surface area contributed by atoms with Crippen LogP contribution in [0.15, 0.2) is 55.0 Å². The van der Waals surface area contributed by atoms with E-state index < -0.39 is 15.8 Å². The number of aryl methyl sites for hydroxylation is 1. The summed E-state index contributed by atoms with van der Waals surface area (Å²) in [6.07, 6.45) is 4.86. The first kappa shape index (κ1) is 16.1. The molecular weight excluding hydrogens is 331 g/mol. The van der Waals surface area contributed by atoms with Gasteiger partial charge in [-0.15, -0.1) is 0 Å². The molecule has 0 radical (unpaired) electrons. The normalized spacial score (nSPS) is 11.4. The SMILES string of the molecule is Cc1nccn1-c1ccc(NS(=O)(=O)Cc2cccc(F)c2)cn1. The van der Waals surface area contributed by atoms with E-state index in [-0.39, 0.29) is 5.75 Å². The van der Waals surface area contributed by atoms with E-state index in [2.05, 4.69) is 14.7 Å². The Kier molecular flexibility index (Phi) is 4.30. The predicted molar refractivity (Wildman–Crippen MR) is 88.7 cm³/mol. The van der Waals surface area contributed by atoms with Crippen molar-refractivity contribution in [2.45, 2.75) is 12.7 Å². The first-order chi connectivity index (χ1) is 11.4. The quantitative estimate of drug-likeness (QED) is 0.770. The first-order valence-corrected chi connectivity index (χ1v) is 8.79. The zero-order valence-electron chi connectivity index (χ0n) is 12.8. The molecule has 0 bridgehead atoms. The molecular formula is C16H15FN4O2S. The van der Waals surface area contributed by atoms with E-state index in [4.69, 9.17) is 0 Å². The van der Waals surface area contributed by atoms with Gasteiger partial charge in [0.2, 0.25) is 10.0 Å². The number of hydrogen-bond acceptors (Lipinski definition) is 4. The van der Waals surface area contributed by atoms with Crippen molar-refractivity contribution in [3.05, 3.63) is 72.2 Å². The Morgan fingerprint density at radius 3 is 2.67 bits per heavy atom. The fourth-order valence-electron chi connectivity index (χ4n) is 2.27. The van der Waals surface area contributed by atoms with Crippen LogP contribution in [0.25, 0.3) is 5.82 Å². The Morgan fingerprint density at radius 1 is 1.21 bits per heavy atom. The van der Waals surface area contributed by atoms with Gasteiger partial charge in [-0.3, -0.25) is 9.29 Å². The fourth-order valence-corrected chi connectivity index (χ4v) is 3.44. The number of rotatable bonds is 5. The van der Waals surface area contributed by atoms with Crippen LogP contribution in [0.2, 0.25) is 0 Å². The summed E-state index contributed by atoms with van der Waals surface area (Å²) in [6.45, 7) is 1.84. The molecule has 0 aliphatic carbocycles. The Bertz CT molecular complexity index is 952. The second-order valence-corrected chi connectivity index (χ2v) is 6.96. The second-order valence-electron chi connectivity index (χ2n) is 5.24. The molecule has 0 amide bonds. The van der Waals surface area contributed by atoms with Crippen molar-refractivity contribution in [2.24, 2.45) is 0 Å². The average molecular weight is 346 g/mol. The Labute approximate surface area is 139 Å².